The van der Waals surface area contributed by atoms with E-state index in [0.29, 0.717) is 22.9 Å². The molecule has 2 aromatic rings. The molecule has 0 bridgehead atoms. The largest absolute Gasteiger partial charge is 0.454 e. The quantitative estimate of drug-likeness (QED) is 0.438. The highest BCUT2D eigenvalue weighted by atomic mass is 16.7. The van der Waals surface area contributed by atoms with Crippen LogP contribution in [0.5, 0.6) is 11.5 Å². The smallest absolute Gasteiger partial charge is 0.347 e. The second-order valence-corrected chi connectivity index (χ2v) is 6.60. The van der Waals surface area contributed by atoms with Crippen LogP contribution in [-0.4, -0.2) is 37.6 Å². The van der Waals surface area contributed by atoms with Crippen LogP contribution in [0.2, 0.25) is 0 Å². The van der Waals surface area contributed by atoms with Crippen molar-refractivity contribution < 1.29 is 28.6 Å². The van der Waals surface area contributed by atoms with Crippen molar-refractivity contribution in [1.82, 2.24) is 0 Å². The predicted molar refractivity (Wildman–Crippen MR) is 106 cm³/mol. The van der Waals surface area contributed by atoms with Crippen molar-refractivity contribution >= 4 is 23.3 Å². The standard InChI is InChI=1S/C21H22N2O6/c1-13-6-14(2)8-17(7-13)22-20(24)10-26-21(25)11-29-23-15(3)16-4-5-18-19(9-16)28-12-27-18/h4-9H,10-12H2,1-3H3,(H,22,24)/b23-15-. The van der Waals surface area contributed by atoms with Crippen molar-refractivity contribution in [1.29, 1.82) is 0 Å². The number of esters is 1. The van der Waals surface area contributed by atoms with E-state index < -0.39 is 25.1 Å². The highest BCUT2D eigenvalue weighted by Crippen LogP contribution is 2.32. The summed E-state index contributed by atoms with van der Waals surface area (Å²) in [7, 11) is 0. The van der Waals surface area contributed by atoms with Gasteiger partial charge in [-0.3, -0.25) is 4.79 Å². The summed E-state index contributed by atoms with van der Waals surface area (Å²) in [5.41, 5.74) is 4.05. The molecule has 29 heavy (non-hydrogen) atoms. The van der Waals surface area contributed by atoms with E-state index in [0.717, 1.165) is 16.7 Å². The summed E-state index contributed by atoms with van der Waals surface area (Å²) >= 11 is 0. The molecule has 1 N–H and O–H groups in total. The third-order valence-electron chi connectivity index (χ3n) is 4.04. The topological polar surface area (TPSA) is 95.5 Å². The molecule has 152 valence electrons. The van der Waals surface area contributed by atoms with Crippen LogP contribution in [0, 0.1) is 13.8 Å². The van der Waals surface area contributed by atoms with E-state index in [-0.39, 0.29) is 6.79 Å². The van der Waals surface area contributed by atoms with Gasteiger partial charge in [0.2, 0.25) is 13.4 Å². The van der Waals surface area contributed by atoms with Gasteiger partial charge in [-0.1, -0.05) is 11.2 Å². The van der Waals surface area contributed by atoms with E-state index in [1.54, 1.807) is 19.1 Å². The van der Waals surface area contributed by atoms with Gasteiger partial charge >= 0.3 is 5.97 Å². The molecular formula is C21H22N2O6. The zero-order valence-corrected chi connectivity index (χ0v) is 16.5. The minimum absolute atomic E-state index is 0.189. The number of hydrogen-bond acceptors (Lipinski definition) is 7. The number of benzene rings is 2. The van der Waals surface area contributed by atoms with Gasteiger partial charge in [-0.05, 0) is 62.2 Å². The van der Waals surface area contributed by atoms with Gasteiger partial charge < -0.3 is 24.4 Å². The zero-order chi connectivity index (χ0) is 20.8. The lowest BCUT2D eigenvalue weighted by molar-refractivity contribution is -0.151. The van der Waals surface area contributed by atoms with Crippen LogP contribution < -0.4 is 14.8 Å². The second-order valence-electron chi connectivity index (χ2n) is 6.60. The van der Waals surface area contributed by atoms with Crippen LogP contribution in [0.1, 0.15) is 23.6 Å². The highest BCUT2D eigenvalue weighted by Gasteiger charge is 2.14. The van der Waals surface area contributed by atoms with Gasteiger partial charge in [0.15, 0.2) is 18.1 Å². The van der Waals surface area contributed by atoms with E-state index in [4.69, 9.17) is 19.0 Å². The van der Waals surface area contributed by atoms with Crippen LogP contribution in [0.25, 0.3) is 0 Å². The fraction of sp³-hybridized carbons (Fsp3) is 0.286. The molecule has 8 heteroatoms. The lowest BCUT2D eigenvalue weighted by atomic mass is 10.1. The van der Waals surface area contributed by atoms with Crippen LogP contribution in [0.3, 0.4) is 0 Å². The zero-order valence-electron chi connectivity index (χ0n) is 16.5. The molecule has 1 amide bonds. The fourth-order valence-corrected chi connectivity index (χ4v) is 2.79. The maximum absolute atomic E-state index is 11.9. The Balaban J connectivity index is 1.42. The number of nitrogens with one attached hydrogen (secondary N) is 1. The number of hydrogen-bond donors (Lipinski definition) is 1. The number of aryl methyl sites for hydroxylation is 2. The predicted octanol–water partition coefficient (Wildman–Crippen LogP) is 2.95. The van der Waals surface area contributed by atoms with Crippen LogP contribution in [-0.2, 0) is 19.2 Å². The first-order chi connectivity index (χ1) is 13.9. The van der Waals surface area contributed by atoms with Gasteiger partial charge in [-0.15, -0.1) is 0 Å². The Labute approximate surface area is 168 Å². The average molecular weight is 398 g/mol. The van der Waals surface area contributed by atoms with E-state index in [1.807, 2.05) is 38.1 Å². The molecule has 2 aromatic carbocycles. The summed E-state index contributed by atoms with van der Waals surface area (Å²) in [5, 5.41) is 6.58. The average Bonchev–Trinajstić information content (AvgIpc) is 3.13. The highest BCUT2D eigenvalue weighted by molar-refractivity contribution is 5.99. The third kappa shape index (κ3) is 5.71. The van der Waals surface area contributed by atoms with E-state index in [1.165, 1.54) is 0 Å². The van der Waals surface area contributed by atoms with Crippen molar-refractivity contribution in [3.05, 3.63) is 53.1 Å². The van der Waals surface area contributed by atoms with E-state index >= 15 is 0 Å². The number of ether oxygens (including phenoxy) is 3. The number of amides is 1. The normalized spacial score (nSPS) is 12.4. The maximum atomic E-state index is 11.9. The lowest BCUT2D eigenvalue weighted by Crippen LogP contribution is -2.22. The van der Waals surface area contributed by atoms with Gasteiger partial charge in [0, 0.05) is 11.3 Å². The molecular weight excluding hydrogens is 376 g/mol. The summed E-state index contributed by atoms with van der Waals surface area (Å²) in [6.45, 7) is 4.99. The van der Waals surface area contributed by atoms with E-state index in [2.05, 4.69) is 10.5 Å². The maximum Gasteiger partial charge on any atom is 0.347 e. The summed E-state index contributed by atoms with van der Waals surface area (Å²) in [6, 6.07) is 11.0. The number of rotatable bonds is 7. The molecule has 0 aliphatic carbocycles. The van der Waals surface area contributed by atoms with Crippen molar-refractivity contribution in [3.63, 3.8) is 0 Å². The van der Waals surface area contributed by atoms with Gasteiger partial charge in [0.1, 0.15) is 0 Å². The van der Waals surface area contributed by atoms with Crippen LogP contribution in [0.4, 0.5) is 5.69 Å². The Hall–Kier alpha value is -3.55. The lowest BCUT2D eigenvalue weighted by Gasteiger charge is -2.08. The van der Waals surface area contributed by atoms with Crippen molar-refractivity contribution in [3.8, 4) is 11.5 Å². The molecule has 0 atom stereocenters. The fourth-order valence-electron chi connectivity index (χ4n) is 2.79. The molecule has 1 heterocycles. The molecule has 0 radical (unpaired) electrons. The van der Waals surface area contributed by atoms with Gasteiger partial charge in [-0.25, -0.2) is 4.79 Å². The van der Waals surface area contributed by atoms with Crippen LogP contribution >= 0.6 is 0 Å². The summed E-state index contributed by atoms with van der Waals surface area (Å²) < 4.78 is 15.5. The van der Waals surface area contributed by atoms with Crippen molar-refractivity contribution in [2.45, 2.75) is 20.8 Å². The molecule has 3 rings (SSSR count). The molecule has 0 saturated heterocycles. The van der Waals surface area contributed by atoms with Crippen molar-refractivity contribution in [2.24, 2.45) is 5.16 Å². The van der Waals surface area contributed by atoms with Crippen LogP contribution in [0.15, 0.2) is 41.6 Å². The molecule has 0 unspecified atom stereocenters. The Morgan fingerprint density at radius 3 is 2.52 bits per heavy atom. The first-order valence-corrected chi connectivity index (χ1v) is 9.01. The Bertz CT molecular complexity index is 934. The summed E-state index contributed by atoms with van der Waals surface area (Å²) in [6.07, 6.45) is 0. The number of oxime groups is 1. The first-order valence-electron chi connectivity index (χ1n) is 9.01. The Kier molecular flexibility index (Phi) is 6.33. The number of carbonyl (C=O) groups excluding carboxylic acids is 2. The number of nitrogens with zero attached hydrogens (tertiary/aromatic N) is 1. The minimum Gasteiger partial charge on any atom is -0.454 e. The molecule has 8 nitrogen and oxygen atoms in total. The molecule has 1 aliphatic rings. The van der Waals surface area contributed by atoms with Crippen molar-refractivity contribution in [2.75, 3.05) is 25.3 Å². The molecule has 1 aliphatic heterocycles. The molecule has 0 saturated carbocycles. The van der Waals surface area contributed by atoms with Gasteiger partial charge in [0.25, 0.3) is 5.91 Å². The van der Waals surface area contributed by atoms with Gasteiger partial charge in [0.05, 0.1) is 5.71 Å². The van der Waals surface area contributed by atoms with Gasteiger partial charge in [-0.2, -0.15) is 0 Å². The Morgan fingerprint density at radius 1 is 1.03 bits per heavy atom. The number of fused-ring (bicyclic) bond motifs is 1. The van der Waals surface area contributed by atoms with E-state index in [9.17, 15) is 9.59 Å². The summed E-state index contributed by atoms with van der Waals surface area (Å²) in [5.74, 6) is 0.183. The molecule has 0 spiro atoms. The SMILES string of the molecule is C/C(=N/OCC(=O)OCC(=O)Nc1cc(C)cc(C)c1)c1ccc2c(c1)OCO2. The minimum atomic E-state index is -0.692. The number of carbonyl (C=O) groups is 2. The summed E-state index contributed by atoms with van der Waals surface area (Å²) in [4.78, 5) is 28.7. The first kappa shape index (κ1) is 20.2. The molecule has 0 fully saturated rings. The third-order valence-corrected chi connectivity index (χ3v) is 4.04. The molecule has 0 aromatic heterocycles. The number of anilines is 1. The second kappa shape index (κ2) is 9.09. The monoisotopic (exact) mass is 398 g/mol. The Morgan fingerprint density at radius 2 is 1.76 bits per heavy atom.